The zero-order valence-corrected chi connectivity index (χ0v) is 6.62. The quantitative estimate of drug-likeness (QED) is 0.647. The Balaban J connectivity index is 2.22. The van der Waals surface area contributed by atoms with Crippen molar-refractivity contribution in [1.29, 1.82) is 0 Å². The molecule has 0 atom stereocenters. The van der Waals surface area contributed by atoms with Gasteiger partial charge < -0.3 is 10.0 Å². The molecule has 0 bridgehead atoms. The molecule has 1 aliphatic heterocycles. The Kier molecular flexibility index (Phi) is 2.88. The number of aliphatic carboxylic acids is 1. The van der Waals surface area contributed by atoms with Crippen LogP contribution in [0.15, 0.2) is 0 Å². The molecule has 0 spiro atoms. The molecule has 1 heterocycles. The average Bonchev–Trinajstić information content (AvgIpc) is 1.93. The van der Waals surface area contributed by atoms with Crippen molar-refractivity contribution in [3.63, 3.8) is 0 Å². The van der Waals surface area contributed by atoms with E-state index in [1.807, 2.05) is 4.90 Å². The molecule has 1 radical (unpaired) electrons. The van der Waals surface area contributed by atoms with Gasteiger partial charge in [0.2, 0.25) is 0 Å². The Hall–Kier alpha value is -0.570. The normalized spacial score (nSPS) is 21.9. The summed E-state index contributed by atoms with van der Waals surface area (Å²) < 4.78 is 0. The van der Waals surface area contributed by atoms with E-state index in [2.05, 4.69) is 7.05 Å². The minimum absolute atomic E-state index is 0.327. The van der Waals surface area contributed by atoms with Crippen LogP contribution in [-0.2, 0) is 4.79 Å². The molecule has 0 unspecified atom stereocenters. The van der Waals surface area contributed by atoms with Gasteiger partial charge in [-0.15, -0.1) is 0 Å². The zero-order valence-electron chi connectivity index (χ0n) is 6.62. The SMILES string of the molecule is [CH2]N1CCC(CC(=O)O)CC1. The summed E-state index contributed by atoms with van der Waals surface area (Å²) in [6.45, 7) is 1.88. The number of piperidine rings is 1. The number of nitrogens with zero attached hydrogens (tertiary/aromatic N) is 1. The number of hydrogen-bond acceptors (Lipinski definition) is 2. The predicted molar refractivity (Wildman–Crippen MR) is 41.9 cm³/mol. The van der Waals surface area contributed by atoms with Crippen molar-refractivity contribution in [2.45, 2.75) is 19.3 Å². The van der Waals surface area contributed by atoms with Gasteiger partial charge in [-0.05, 0) is 31.8 Å². The van der Waals surface area contributed by atoms with E-state index < -0.39 is 5.97 Å². The molecule has 3 nitrogen and oxygen atoms in total. The van der Waals surface area contributed by atoms with Gasteiger partial charge in [-0.2, -0.15) is 0 Å². The van der Waals surface area contributed by atoms with Crippen molar-refractivity contribution in [3.8, 4) is 0 Å². The van der Waals surface area contributed by atoms with Crippen LogP contribution >= 0.6 is 0 Å². The molecule has 0 amide bonds. The zero-order chi connectivity index (χ0) is 8.27. The van der Waals surface area contributed by atoms with Crippen LogP contribution in [0.1, 0.15) is 19.3 Å². The smallest absolute Gasteiger partial charge is 0.303 e. The summed E-state index contributed by atoms with van der Waals surface area (Å²) in [5.74, 6) is -0.294. The standard InChI is InChI=1S/C8H14NO2/c1-9-4-2-7(3-5-9)6-8(10)11/h7H,1-6H2,(H,10,11). The van der Waals surface area contributed by atoms with Crippen molar-refractivity contribution < 1.29 is 9.90 Å². The van der Waals surface area contributed by atoms with Crippen LogP contribution in [0.4, 0.5) is 0 Å². The summed E-state index contributed by atoms with van der Waals surface area (Å²) in [5.41, 5.74) is 0. The third-order valence-electron chi connectivity index (χ3n) is 2.17. The third kappa shape index (κ3) is 2.89. The average molecular weight is 156 g/mol. The van der Waals surface area contributed by atoms with E-state index in [0.717, 1.165) is 25.9 Å². The molecule has 0 aromatic carbocycles. The topological polar surface area (TPSA) is 40.5 Å². The van der Waals surface area contributed by atoms with Crippen molar-refractivity contribution in [2.24, 2.45) is 5.92 Å². The summed E-state index contributed by atoms with van der Waals surface area (Å²) in [5, 5.41) is 8.50. The van der Waals surface area contributed by atoms with Crippen molar-refractivity contribution in [3.05, 3.63) is 7.05 Å². The van der Waals surface area contributed by atoms with Gasteiger partial charge >= 0.3 is 5.97 Å². The fourth-order valence-electron chi connectivity index (χ4n) is 1.44. The molecule has 11 heavy (non-hydrogen) atoms. The summed E-state index contributed by atoms with van der Waals surface area (Å²) >= 11 is 0. The lowest BCUT2D eigenvalue weighted by Gasteiger charge is -2.27. The monoisotopic (exact) mass is 156 g/mol. The second-order valence-corrected chi connectivity index (χ2v) is 3.16. The van der Waals surface area contributed by atoms with Crippen LogP contribution < -0.4 is 0 Å². The van der Waals surface area contributed by atoms with Gasteiger partial charge in [0, 0.05) is 13.5 Å². The second kappa shape index (κ2) is 3.72. The van der Waals surface area contributed by atoms with Crippen molar-refractivity contribution in [1.82, 2.24) is 4.90 Å². The first kappa shape index (κ1) is 8.53. The van der Waals surface area contributed by atoms with Crippen LogP contribution in [0.2, 0.25) is 0 Å². The number of carboxylic acids is 1. The molecule has 1 N–H and O–H groups in total. The van der Waals surface area contributed by atoms with Crippen LogP contribution in [0.3, 0.4) is 0 Å². The number of carbonyl (C=O) groups is 1. The van der Waals surface area contributed by atoms with Crippen LogP contribution in [0, 0.1) is 13.0 Å². The van der Waals surface area contributed by atoms with Gasteiger partial charge in [0.15, 0.2) is 0 Å². The van der Waals surface area contributed by atoms with E-state index in [1.54, 1.807) is 0 Å². The molecule has 1 aliphatic rings. The fraction of sp³-hybridized carbons (Fsp3) is 0.750. The Morgan fingerprint density at radius 1 is 1.55 bits per heavy atom. The summed E-state index contributed by atoms with van der Waals surface area (Å²) in [6.07, 6.45) is 2.29. The lowest BCUT2D eigenvalue weighted by atomic mass is 9.94. The number of rotatable bonds is 2. The highest BCUT2D eigenvalue weighted by molar-refractivity contribution is 5.67. The van der Waals surface area contributed by atoms with Crippen LogP contribution in [0.5, 0.6) is 0 Å². The van der Waals surface area contributed by atoms with Crippen LogP contribution in [-0.4, -0.2) is 29.1 Å². The molecule has 1 fully saturated rings. The van der Waals surface area contributed by atoms with E-state index in [-0.39, 0.29) is 0 Å². The molecular formula is C8H14NO2. The van der Waals surface area contributed by atoms with Gasteiger partial charge in [-0.25, -0.2) is 0 Å². The highest BCUT2D eigenvalue weighted by Crippen LogP contribution is 2.19. The van der Waals surface area contributed by atoms with Gasteiger partial charge in [-0.3, -0.25) is 4.79 Å². The Labute approximate surface area is 67.0 Å². The highest BCUT2D eigenvalue weighted by atomic mass is 16.4. The van der Waals surface area contributed by atoms with E-state index in [0.29, 0.717) is 12.3 Å². The Bertz CT molecular complexity index is 139. The van der Waals surface area contributed by atoms with Crippen molar-refractivity contribution in [2.75, 3.05) is 13.1 Å². The Morgan fingerprint density at radius 2 is 2.09 bits per heavy atom. The molecule has 1 rings (SSSR count). The first-order valence-electron chi connectivity index (χ1n) is 3.95. The van der Waals surface area contributed by atoms with Gasteiger partial charge in [0.05, 0.1) is 0 Å². The number of likely N-dealkylation sites (tertiary alicyclic amines) is 1. The number of hydrogen-bond donors (Lipinski definition) is 1. The summed E-state index contributed by atoms with van der Waals surface area (Å²) in [7, 11) is 3.80. The highest BCUT2D eigenvalue weighted by Gasteiger charge is 2.18. The molecule has 0 aromatic heterocycles. The van der Waals surface area contributed by atoms with E-state index in [1.165, 1.54) is 0 Å². The van der Waals surface area contributed by atoms with E-state index >= 15 is 0 Å². The van der Waals surface area contributed by atoms with Gasteiger partial charge in [0.1, 0.15) is 0 Å². The first-order chi connectivity index (χ1) is 5.18. The molecular weight excluding hydrogens is 142 g/mol. The van der Waals surface area contributed by atoms with E-state index in [4.69, 9.17) is 5.11 Å². The fourth-order valence-corrected chi connectivity index (χ4v) is 1.44. The predicted octanol–water partition coefficient (Wildman–Crippen LogP) is 0.965. The molecule has 1 saturated heterocycles. The lowest BCUT2D eigenvalue weighted by Crippen LogP contribution is -2.29. The second-order valence-electron chi connectivity index (χ2n) is 3.16. The van der Waals surface area contributed by atoms with Gasteiger partial charge in [0.25, 0.3) is 0 Å². The molecule has 63 valence electrons. The Morgan fingerprint density at radius 3 is 2.55 bits per heavy atom. The molecule has 0 saturated carbocycles. The van der Waals surface area contributed by atoms with Crippen molar-refractivity contribution >= 4 is 5.97 Å². The maximum absolute atomic E-state index is 10.3. The minimum Gasteiger partial charge on any atom is -0.481 e. The van der Waals surface area contributed by atoms with Gasteiger partial charge in [-0.1, -0.05) is 0 Å². The third-order valence-corrected chi connectivity index (χ3v) is 2.17. The first-order valence-corrected chi connectivity index (χ1v) is 3.95. The summed E-state index contributed by atoms with van der Waals surface area (Å²) in [6, 6.07) is 0. The minimum atomic E-state index is -0.674. The lowest BCUT2D eigenvalue weighted by molar-refractivity contribution is -0.138. The van der Waals surface area contributed by atoms with Crippen LogP contribution in [0.25, 0.3) is 0 Å². The maximum atomic E-state index is 10.3. The molecule has 0 aromatic rings. The molecule has 3 heteroatoms. The van der Waals surface area contributed by atoms with E-state index in [9.17, 15) is 4.79 Å². The molecule has 0 aliphatic carbocycles. The summed E-state index contributed by atoms with van der Waals surface area (Å²) in [4.78, 5) is 12.3. The largest absolute Gasteiger partial charge is 0.481 e. The maximum Gasteiger partial charge on any atom is 0.303 e. The number of carboxylic acid groups (broad SMARTS) is 1.